The van der Waals surface area contributed by atoms with E-state index in [2.05, 4.69) is 47.4 Å². The van der Waals surface area contributed by atoms with E-state index in [4.69, 9.17) is 0 Å². The molecule has 2 aliphatic heterocycles. The fourth-order valence-electron chi connectivity index (χ4n) is 4.65. The molecule has 1 atom stereocenters. The molecule has 2 fully saturated rings. The van der Waals surface area contributed by atoms with Gasteiger partial charge in [0.15, 0.2) is 0 Å². The highest BCUT2D eigenvalue weighted by molar-refractivity contribution is 7.15. The zero-order chi connectivity index (χ0) is 18.7. The monoisotopic (exact) mass is 384 g/mol. The lowest BCUT2D eigenvalue weighted by Gasteiger charge is -2.48. The SMILES string of the molecule is O=C1CC[C@]2(CCCN(Cc3ccc(-c4ccccc4)s3)C2)CN1CCO. The van der Waals surface area contributed by atoms with Crippen LogP contribution in [-0.2, 0) is 11.3 Å². The molecule has 0 radical (unpaired) electrons. The molecule has 4 rings (SSSR count). The lowest BCUT2D eigenvalue weighted by atomic mass is 9.73. The van der Waals surface area contributed by atoms with Crippen LogP contribution in [0.4, 0.5) is 0 Å². The van der Waals surface area contributed by atoms with Gasteiger partial charge in [0, 0.05) is 47.8 Å². The maximum Gasteiger partial charge on any atom is 0.222 e. The first-order chi connectivity index (χ1) is 13.2. The summed E-state index contributed by atoms with van der Waals surface area (Å²) in [5.74, 6) is 0.206. The number of benzene rings is 1. The molecule has 1 N–H and O–H groups in total. The van der Waals surface area contributed by atoms with E-state index in [9.17, 15) is 9.90 Å². The third-order valence-corrected chi connectivity index (χ3v) is 7.08. The average Bonchev–Trinajstić information content (AvgIpc) is 3.15. The summed E-state index contributed by atoms with van der Waals surface area (Å²) in [6, 6.07) is 15.1. The fourth-order valence-corrected chi connectivity index (χ4v) is 5.70. The predicted molar refractivity (Wildman–Crippen MR) is 110 cm³/mol. The summed E-state index contributed by atoms with van der Waals surface area (Å²) in [7, 11) is 0. The second-order valence-electron chi connectivity index (χ2n) is 7.99. The van der Waals surface area contributed by atoms with Gasteiger partial charge in [0.2, 0.25) is 5.91 Å². The van der Waals surface area contributed by atoms with Gasteiger partial charge < -0.3 is 10.0 Å². The van der Waals surface area contributed by atoms with Crippen LogP contribution in [-0.4, -0.2) is 53.6 Å². The standard InChI is InChI=1S/C22H28N2O2S/c25-14-13-24-17-22(11-9-21(24)26)10-4-12-23(16-22)15-19-7-8-20(27-19)18-5-2-1-3-6-18/h1-3,5-8,25H,4,9-17H2/t22-/m0/s1. The smallest absolute Gasteiger partial charge is 0.222 e. The number of rotatable bonds is 5. The highest BCUT2D eigenvalue weighted by atomic mass is 32.1. The van der Waals surface area contributed by atoms with Crippen molar-refractivity contribution in [2.75, 3.05) is 32.8 Å². The van der Waals surface area contributed by atoms with Crippen LogP contribution < -0.4 is 0 Å². The molecule has 1 spiro atoms. The highest BCUT2D eigenvalue weighted by Crippen LogP contribution is 2.39. The van der Waals surface area contributed by atoms with Crippen molar-refractivity contribution in [1.82, 2.24) is 9.80 Å². The van der Waals surface area contributed by atoms with Crippen LogP contribution in [0.15, 0.2) is 42.5 Å². The van der Waals surface area contributed by atoms with Gasteiger partial charge in [0.25, 0.3) is 0 Å². The summed E-state index contributed by atoms with van der Waals surface area (Å²) in [4.78, 5) is 19.3. The minimum absolute atomic E-state index is 0.0585. The minimum atomic E-state index is 0.0585. The Morgan fingerprint density at radius 1 is 1.07 bits per heavy atom. The van der Waals surface area contributed by atoms with E-state index in [1.807, 2.05) is 16.2 Å². The van der Waals surface area contributed by atoms with E-state index >= 15 is 0 Å². The number of carbonyl (C=O) groups is 1. The molecule has 0 bridgehead atoms. The number of β-amino-alcohol motifs (C(OH)–C–C–N with tert-alkyl or cyclic N) is 1. The second kappa shape index (κ2) is 8.13. The molecule has 3 heterocycles. The van der Waals surface area contributed by atoms with Crippen LogP contribution in [0.1, 0.15) is 30.6 Å². The van der Waals surface area contributed by atoms with Crippen molar-refractivity contribution in [3.63, 3.8) is 0 Å². The molecule has 2 saturated heterocycles. The summed E-state index contributed by atoms with van der Waals surface area (Å²) < 4.78 is 0. The van der Waals surface area contributed by atoms with Crippen molar-refractivity contribution in [1.29, 1.82) is 0 Å². The number of thiophene rings is 1. The fraction of sp³-hybridized carbons (Fsp3) is 0.500. The Morgan fingerprint density at radius 3 is 2.74 bits per heavy atom. The Balaban J connectivity index is 1.42. The molecule has 4 nitrogen and oxygen atoms in total. The van der Waals surface area contributed by atoms with Gasteiger partial charge in [-0.15, -0.1) is 11.3 Å². The molecular formula is C22H28N2O2S. The molecule has 1 aromatic heterocycles. The number of carbonyl (C=O) groups excluding carboxylic acids is 1. The molecule has 0 aliphatic carbocycles. The van der Waals surface area contributed by atoms with Crippen molar-refractivity contribution >= 4 is 17.2 Å². The van der Waals surface area contributed by atoms with Crippen LogP contribution in [0, 0.1) is 5.41 Å². The molecule has 2 aliphatic rings. The summed E-state index contributed by atoms with van der Waals surface area (Å²) >= 11 is 1.88. The predicted octanol–water partition coefficient (Wildman–Crippen LogP) is 3.61. The second-order valence-corrected chi connectivity index (χ2v) is 9.15. The van der Waals surface area contributed by atoms with E-state index in [1.54, 1.807) is 0 Å². The van der Waals surface area contributed by atoms with Gasteiger partial charge in [-0.3, -0.25) is 9.69 Å². The Hall–Kier alpha value is -1.69. The number of piperidine rings is 2. The summed E-state index contributed by atoms with van der Waals surface area (Å²) in [5.41, 5.74) is 1.50. The molecule has 0 saturated carbocycles. The Kier molecular flexibility index (Phi) is 5.62. The van der Waals surface area contributed by atoms with Gasteiger partial charge in [-0.25, -0.2) is 0 Å². The van der Waals surface area contributed by atoms with Gasteiger partial charge in [0.1, 0.15) is 0 Å². The zero-order valence-electron chi connectivity index (χ0n) is 15.8. The average molecular weight is 385 g/mol. The van der Waals surface area contributed by atoms with Crippen molar-refractivity contribution in [3.8, 4) is 10.4 Å². The number of hydrogen-bond donors (Lipinski definition) is 1. The Bertz CT molecular complexity index is 776. The quantitative estimate of drug-likeness (QED) is 0.856. The lowest BCUT2D eigenvalue weighted by Crippen LogP contribution is -2.54. The number of aliphatic hydroxyl groups excluding tert-OH is 1. The van der Waals surface area contributed by atoms with Gasteiger partial charge in [-0.1, -0.05) is 30.3 Å². The van der Waals surface area contributed by atoms with Crippen molar-refractivity contribution in [2.24, 2.45) is 5.41 Å². The minimum Gasteiger partial charge on any atom is -0.395 e. The van der Waals surface area contributed by atoms with Gasteiger partial charge >= 0.3 is 0 Å². The number of aliphatic hydroxyl groups is 1. The largest absolute Gasteiger partial charge is 0.395 e. The van der Waals surface area contributed by atoms with E-state index in [0.717, 1.165) is 32.6 Å². The third kappa shape index (κ3) is 4.26. The normalized spacial score (nSPS) is 23.9. The first kappa shape index (κ1) is 18.7. The zero-order valence-corrected chi connectivity index (χ0v) is 16.6. The topological polar surface area (TPSA) is 43.8 Å². The molecule has 5 heteroatoms. The molecular weight excluding hydrogens is 356 g/mol. The van der Waals surface area contributed by atoms with Gasteiger partial charge in [0.05, 0.1) is 6.61 Å². The van der Waals surface area contributed by atoms with Crippen molar-refractivity contribution in [3.05, 3.63) is 47.3 Å². The maximum atomic E-state index is 12.1. The molecule has 1 amide bonds. The van der Waals surface area contributed by atoms with E-state index in [0.29, 0.717) is 13.0 Å². The molecule has 2 aromatic rings. The molecule has 27 heavy (non-hydrogen) atoms. The van der Waals surface area contributed by atoms with Crippen LogP contribution in [0.5, 0.6) is 0 Å². The van der Waals surface area contributed by atoms with Crippen LogP contribution in [0.2, 0.25) is 0 Å². The number of amides is 1. The summed E-state index contributed by atoms with van der Waals surface area (Å²) in [6.45, 7) is 4.53. The number of nitrogens with zero attached hydrogens (tertiary/aromatic N) is 2. The number of hydrogen-bond acceptors (Lipinski definition) is 4. The van der Waals surface area contributed by atoms with E-state index in [1.165, 1.54) is 28.2 Å². The highest BCUT2D eigenvalue weighted by Gasteiger charge is 2.41. The molecule has 0 unspecified atom stereocenters. The maximum absolute atomic E-state index is 12.1. The van der Waals surface area contributed by atoms with Crippen LogP contribution >= 0.6 is 11.3 Å². The first-order valence-corrected chi connectivity index (χ1v) is 10.7. The van der Waals surface area contributed by atoms with Crippen LogP contribution in [0.3, 0.4) is 0 Å². The Morgan fingerprint density at radius 2 is 1.93 bits per heavy atom. The summed E-state index contributed by atoms with van der Waals surface area (Å²) in [5, 5.41) is 9.26. The number of likely N-dealkylation sites (tertiary alicyclic amines) is 2. The van der Waals surface area contributed by atoms with Crippen LogP contribution in [0.25, 0.3) is 10.4 Å². The Labute approximate surface area is 165 Å². The lowest BCUT2D eigenvalue weighted by molar-refractivity contribution is -0.140. The summed E-state index contributed by atoms with van der Waals surface area (Å²) in [6.07, 6.45) is 4.01. The molecule has 1 aromatic carbocycles. The van der Waals surface area contributed by atoms with Crippen molar-refractivity contribution < 1.29 is 9.90 Å². The first-order valence-electron chi connectivity index (χ1n) is 9.93. The van der Waals surface area contributed by atoms with E-state index < -0.39 is 0 Å². The van der Waals surface area contributed by atoms with Crippen molar-refractivity contribution in [2.45, 2.75) is 32.2 Å². The third-order valence-electron chi connectivity index (χ3n) is 5.96. The molecule has 144 valence electrons. The van der Waals surface area contributed by atoms with E-state index in [-0.39, 0.29) is 17.9 Å². The van der Waals surface area contributed by atoms with Gasteiger partial charge in [-0.05, 0) is 43.5 Å². The van der Waals surface area contributed by atoms with Gasteiger partial charge in [-0.2, -0.15) is 0 Å².